The van der Waals surface area contributed by atoms with Crippen molar-refractivity contribution in [3.63, 3.8) is 0 Å². The molecule has 2 rings (SSSR count). The summed E-state index contributed by atoms with van der Waals surface area (Å²) in [5.41, 5.74) is 0.879. The summed E-state index contributed by atoms with van der Waals surface area (Å²) in [5.74, 6) is -0.0936. The van der Waals surface area contributed by atoms with E-state index in [4.69, 9.17) is 9.84 Å². The highest BCUT2D eigenvalue weighted by Gasteiger charge is 2.32. The van der Waals surface area contributed by atoms with Crippen LogP contribution in [0.3, 0.4) is 0 Å². The summed E-state index contributed by atoms with van der Waals surface area (Å²) in [6.45, 7) is 1.48. The Labute approximate surface area is 112 Å². The molecule has 1 heterocycles. The SMILES string of the molecule is O=COC(c1ccccc1)N1CCC(CO)C(O)C1. The molecular formula is C14H19NO4. The van der Waals surface area contributed by atoms with Crippen LogP contribution in [0.2, 0.25) is 0 Å². The van der Waals surface area contributed by atoms with Gasteiger partial charge in [0.15, 0.2) is 6.23 Å². The molecule has 1 aliphatic rings. The van der Waals surface area contributed by atoms with Crippen LogP contribution in [0.25, 0.3) is 0 Å². The molecule has 3 atom stereocenters. The van der Waals surface area contributed by atoms with Crippen LogP contribution >= 0.6 is 0 Å². The maximum atomic E-state index is 10.7. The van der Waals surface area contributed by atoms with Gasteiger partial charge in [-0.15, -0.1) is 0 Å². The minimum atomic E-state index is -0.597. The van der Waals surface area contributed by atoms with Crippen molar-refractivity contribution in [1.29, 1.82) is 0 Å². The van der Waals surface area contributed by atoms with Crippen molar-refractivity contribution in [3.05, 3.63) is 35.9 Å². The Bertz CT molecular complexity index is 398. The van der Waals surface area contributed by atoms with Crippen LogP contribution < -0.4 is 0 Å². The number of nitrogens with zero attached hydrogens (tertiary/aromatic N) is 1. The molecule has 1 aliphatic heterocycles. The van der Waals surface area contributed by atoms with Crippen molar-refractivity contribution in [3.8, 4) is 0 Å². The summed E-state index contributed by atoms with van der Waals surface area (Å²) >= 11 is 0. The summed E-state index contributed by atoms with van der Waals surface area (Å²) in [5, 5.41) is 19.1. The van der Waals surface area contributed by atoms with Gasteiger partial charge in [0, 0.05) is 31.2 Å². The number of carbonyl (C=O) groups excluding carboxylic acids is 1. The van der Waals surface area contributed by atoms with Gasteiger partial charge in [-0.3, -0.25) is 9.69 Å². The lowest BCUT2D eigenvalue weighted by Crippen LogP contribution is -2.47. The fourth-order valence-electron chi connectivity index (χ4n) is 2.48. The first-order valence-corrected chi connectivity index (χ1v) is 6.43. The van der Waals surface area contributed by atoms with Gasteiger partial charge in [0.1, 0.15) is 0 Å². The molecule has 0 spiro atoms. The Kier molecular flexibility index (Phi) is 4.90. The minimum Gasteiger partial charge on any atom is -0.444 e. The molecule has 3 unspecified atom stereocenters. The van der Waals surface area contributed by atoms with E-state index in [-0.39, 0.29) is 12.5 Å². The Morgan fingerprint density at radius 3 is 2.74 bits per heavy atom. The van der Waals surface area contributed by atoms with Crippen LogP contribution in [0.15, 0.2) is 30.3 Å². The topological polar surface area (TPSA) is 70.0 Å². The number of ether oxygens (including phenoxy) is 1. The van der Waals surface area contributed by atoms with E-state index in [0.717, 1.165) is 5.56 Å². The van der Waals surface area contributed by atoms with Crippen molar-refractivity contribution >= 4 is 6.47 Å². The summed E-state index contributed by atoms with van der Waals surface area (Å²) in [7, 11) is 0. The zero-order chi connectivity index (χ0) is 13.7. The van der Waals surface area contributed by atoms with E-state index >= 15 is 0 Å². The smallest absolute Gasteiger partial charge is 0.294 e. The fourth-order valence-corrected chi connectivity index (χ4v) is 2.48. The lowest BCUT2D eigenvalue weighted by Gasteiger charge is -2.38. The van der Waals surface area contributed by atoms with E-state index in [0.29, 0.717) is 26.0 Å². The molecule has 0 saturated carbocycles. The summed E-state index contributed by atoms with van der Waals surface area (Å²) in [4.78, 5) is 12.6. The van der Waals surface area contributed by atoms with Crippen molar-refractivity contribution in [2.75, 3.05) is 19.7 Å². The monoisotopic (exact) mass is 265 g/mol. The number of carbonyl (C=O) groups is 1. The molecule has 0 aliphatic carbocycles. The average Bonchev–Trinajstić information content (AvgIpc) is 2.45. The van der Waals surface area contributed by atoms with Gasteiger partial charge in [-0.2, -0.15) is 0 Å². The first-order chi connectivity index (χ1) is 9.26. The molecule has 0 radical (unpaired) electrons. The summed E-state index contributed by atoms with van der Waals surface area (Å²) < 4.78 is 5.16. The second kappa shape index (κ2) is 6.65. The molecule has 1 fully saturated rings. The fraction of sp³-hybridized carbons (Fsp3) is 0.500. The number of benzene rings is 1. The molecule has 1 saturated heterocycles. The molecule has 5 nitrogen and oxygen atoms in total. The Morgan fingerprint density at radius 1 is 1.42 bits per heavy atom. The third-order valence-corrected chi connectivity index (χ3v) is 3.59. The molecule has 0 amide bonds. The van der Waals surface area contributed by atoms with Gasteiger partial charge in [-0.1, -0.05) is 30.3 Å². The van der Waals surface area contributed by atoms with Crippen molar-refractivity contribution in [1.82, 2.24) is 4.90 Å². The summed E-state index contributed by atoms with van der Waals surface area (Å²) in [6.07, 6.45) is -0.392. The van der Waals surface area contributed by atoms with E-state index in [1.165, 1.54) is 0 Å². The maximum absolute atomic E-state index is 10.7. The Hall–Kier alpha value is -1.43. The van der Waals surface area contributed by atoms with Gasteiger partial charge >= 0.3 is 0 Å². The van der Waals surface area contributed by atoms with Gasteiger partial charge in [-0.05, 0) is 6.42 Å². The van der Waals surface area contributed by atoms with Crippen LogP contribution in [0.4, 0.5) is 0 Å². The zero-order valence-electron chi connectivity index (χ0n) is 10.7. The summed E-state index contributed by atoms with van der Waals surface area (Å²) in [6, 6.07) is 9.44. The van der Waals surface area contributed by atoms with E-state index in [9.17, 15) is 9.90 Å². The Balaban J connectivity index is 2.10. The van der Waals surface area contributed by atoms with Crippen molar-refractivity contribution < 1.29 is 19.7 Å². The predicted molar refractivity (Wildman–Crippen MR) is 69.1 cm³/mol. The van der Waals surface area contributed by atoms with Gasteiger partial charge in [0.25, 0.3) is 6.47 Å². The van der Waals surface area contributed by atoms with Crippen LogP contribution in [-0.4, -0.2) is 47.4 Å². The molecule has 0 bridgehead atoms. The average molecular weight is 265 g/mol. The number of rotatable bonds is 5. The maximum Gasteiger partial charge on any atom is 0.294 e. The second-order valence-electron chi connectivity index (χ2n) is 4.79. The molecule has 2 N–H and O–H groups in total. The normalized spacial score (nSPS) is 25.8. The number of aliphatic hydroxyl groups is 2. The van der Waals surface area contributed by atoms with Gasteiger partial charge in [0.2, 0.25) is 0 Å². The first kappa shape index (κ1) is 14.0. The Morgan fingerprint density at radius 2 is 2.16 bits per heavy atom. The number of β-amino-alcohol motifs (C(OH)–C–C–N with tert-alkyl or cyclic N) is 1. The lowest BCUT2D eigenvalue weighted by atomic mass is 9.94. The third-order valence-electron chi connectivity index (χ3n) is 3.59. The minimum absolute atomic E-state index is 0.0143. The quantitative estimate of drug-likeness (QED) is 0.760. The molecule has 5 heteroatoms. The molecular weight excluding hydrogens is 246 g/mol. The van der Waals surface area contributed by atoms with E-state index < -0.39 is 12.3 Å². The van der Waals surface area contributed by atoms with E-state index in [1.807, 2.05) is 35.2 Å². The largest absolute Gasteiger partial charge is 0.444 e. The number of hydrogen-bond acceptors (Lipinski definition) is 5. The number of hydrogen-bond donors (Lipinski definition) is 2. The highest BCUT2D eigenvalue weighted by Crippen LogP contribution is 2.27. The number of likely N-dealkylation sites (tertiary alicyclic amines) is 1. The second-order valence-corrected chi connectivity index (χ2v) is 4.79. The number of piperidine rings is 1. The van der Waals surface area contributed by atoms with Crippen molar-refractivity contribution in [2.45, 2.75) is 18.8 Å². The van der Waals surface area contributed by atoms with Gasteiger partial charge in [-0.25, -0.2) is 0 Å². The van der Waals surface area contributed by atoms with Gasteiger partial charge < -0.3 is 14.9 Å². The molecule has 0 aromatic heterocycles. The van der Waals surface area contributed by atoms with Gasteiger partial charge in [0.05, 0.1) is 6.10 Å². The highest BCUT2D eigenvalue weighted by molar-refractivity contribution is 5.38. The first-order valence-electron chi connectivity index (χ1n) is 6.43. The predicted octanol–water partition coefficient (Wildman–Crippen LogP) is 0.533. The van der Waals surface area contributed by atoms with E-state index in [1.54, 1.807) is 0 Å². The number of aliphatic hydroxyl groups excluding tert-OH is 2. The third kappa shape index (κ3) is 3.32. The molecule has 1 aromatic rings. The molecule has 1 aromatic carbocycles. The van der Waals surface area contributed by atoms with Crippen molar-refractivity contribution in [2.24, 2.45) is 5.92 Å². The van der Waals surface area contributed by atoms with Crippen LogP contribution in [0.5, 0.6) is 0 Å². The molecule has 19 heavy (non-hydrogen) atoms. The zero-order valence-corrected chi connectivity index (χ0v) is 10.7. The van der Waals surface area contributed by atoms with Crippen LogP contribution in [0, 0.1) is 5.92 Å². The lowest BCUT2D eigenvalue weighted by molar-refractivity contribution is -0.150. The van der Waals surface area contributed by atoms with E-state index in [2.05, 4.69) is 0 Å². The van der Waals surface area contributed by atoms with Crippen LogP contribution in [-0.2, 0) is 9.53 Å². The standard InChI is InChI=1S/C14H19NO4/c16-9-12-6-7-15(8-13(12)18)14(19-10-17)11-4-2-1-3-5-11/h1-5,10,12-14,16,18H,6-9H2. The molecule has 104 valence electrons. The highest BCUT2D eigenvalue weighted by atomic mass is 16.5. The van der Waals surface area contributed by atoms with Crippen LogP contribution in [0.1, 0.15) is 18.2 Å².